The van der Waals surface area contributed by atoms with Crippen LogP contribution in [0.1, 0.15) is 30.1 Å². The second kappa shape index (κ2) is 8.45. The van der Waals surface area contributed by atoms with Crippen molar-refractivity contribution in [3.63, 3.8) is 0 Å². The van der Waals surface area contributed by atoms with E-state index in [0.29, 0.717) is 30.7 Å². The second-order valence-corrected chi connectivity index (χ2v) is 7.04. The molecular formula is C22H23FN4O2. The molecule has 2 aromatic heterocycles. The van der Waals surface area contributed by atoms with E-state index in [1.165, 1.54) is 6.07 Å². The molecule has 7 heteroatoms. The molecule has 0 unspecified atom stereocenters. The number of carbonyl (C=O) groups is 1. The van der Waals surface area contributed by atoms with Gasteiger partial charge in [-0.1, -0.05) is 0 Å². The summed E-state index contributed by atoms with van der Waals surface area (Å²) >= 11 is 0. The first-order valence-corrected chi connectivity index (χ1v) is 9.58. The van der Waals surface area contributed by atoms with Crippen molar-refractivity contribution < 1.29 is 13.9 Å². The second-order valence-electron chi connectivity index (χ2n) is 7.04. The minimum absolute atomic E-state index is 0.0750. The van der Waals surface area contributed by atoms with Gasteiger partial charge >= 0.3 is 0 Å². The van der Waals surface area contributed by atoms with E-state index in [9.17, 15) is 9.18 Å². The van der Waals surface area contributed by atoms with Crippen molar-refractivity contribution in [1.82, 2.24) is 20.2 Å². The van der Waals surface area contributed by atoms with Gasteiger partial charge in [-0.25, -0.2) is 4.39 Å². The number of hydrogen-bond acceptors (Lipinski definition) is 4. The highest BCUT2D eigenvalue weighted by Crippen LogP contribution is 2.29. The van der Waals surface area contributed by atoms with Gasteiger partial charge in [0.1, 0.15) is 11.6 Å². The van der Waals surface area contributed by atoms with Gasteiger partial charge in [0.15, 0.2) is 0 Å². The number of aromatic nitrogens is 2. The zero-order valence-corrected chi connectivity index (χ0v) is 16.1. The maximum Gasteiger partial charge on any atom is 0.220 e. The van der Waals surface area contributed by atoms with E-state index >= 15 is 0 Å². The molecule has 6 nitrogen and oxygen atoms in total. The fourth-order valence-electron chi connectivity index (χ4n) is 3.75. The number of benzene rings is 1. The molecule has 1 aromatic carbocycles. The van der Waals surface area contributed by atoms with Gasteiger partial charge in [0.25, 0.3) is 0 Å². The van der Waals surface area contributed by atoms with Crippen LogP contribution in [-0.2, 0) is 11.3 Å². The minimum Gasteiger partial charge on any atom is -0.497 e. The van der Waals surface area contributed by atoms with E-state index in [2.05, 4.69) is 20.2 Å². The number of nitrogens with one attached hydrogen (secondary N) is 2. The normalized spacial score (nSPS) is 19.0. The molecule has 1 saturated heterocycles. The molecule has 0 saturated carbocycles. The third kappa shape index (κ3) is 4.14. The van der Waals surface area contributed by atoms with Crippen molar-refractivity contribution in [2.75, 3.05) is 7.11 Å². The van der Waals surface area contributed by atoms with Crippen LogP contribution in [-0.4, -0.2) is 28.6 Å². The Morgan fingerprint density at radius 3 is 3.00 bits per heavy atom. The van der Waals surface area contributed by atoms with Gasteiger partial charge in [-0.2, -0.15) is 0 Å². The Morgan fingerprint density at radius 1 is 1.31 bits per heavy atom. The van der Waals surface area contributed by atoms with Gasteiger partial charge in [0.2, 0.25) is 5.91 Å². The van der Waals surface area contributed by atoms with Gasteiger partial charge in [0.05, 0.1) is 25.0 Å². The van der Waals surface area contributed by atoms with Gasteiger partial charge in [-0.15, -0.1) is 0 Å². The van der Waals surface area contributed by atoms with Gasteiger partial charge in [-0.05, 0) is 48.9 Å². The third-order valence-corrected chi connectivity index (χ3v) is 5.24. The molecule has 1 aliphatic heterocycles. The number of pyridine rings is 1. The molecule has 0 bridgehead atoms. The molecule has 1 amide bonds. The van der Waals surface area contributed by atoms with E-state index in [1.807, 2.05) is 30.5 Å². The Hall–Kier alpha value is -3.19. The van der Waals surface area contributed by atoms with Crippen molar-refractivity contribution in [3.8, 4) is 11.4 Å². The van der Waals surface area contributed by atoms with Gasteiger partial charge in [0, 0.05) is 42.7 Å². The van der Waals surface area contributed by atoms with Crippen molar-refractivity contribution in [3.05, 3.63) is 78.1 Å². The number of halogens is 1. The maximum absolute atomic E-state index is 14.5. The zero-order chi connectivity index (χ0) is 20.2. The standard InChI is InChI=1S/C22H23FN4O2/c1-29-17-6-7-19(23)18(12-17)22-20(8-9-21(28)26-22)25-14-16-5-3-11-27(16)15-4-2-10-24-13-15/h2-7,10-13,20,22,25H,8-9,14H2,1H3,(H,26,28)/t20-,22+/m1/s1. The fourth-order valence-corrected chi connectivity index (χ4v) is 3.75. The summed E-state index contributed by atoms with van der Waals surface area (Å²) in [6, 6.07) is 11.9. The molecule has 29 heavy (non-hydrogen) atoms. The predicted octanol–water partition coefficient (Wildman–Crippen LogP) is 3.13. The number of methoxy groups -OCH3 is 1. The Balaban J connectivity index is 1.55. The lowest BCUT2D eigenvalue weighted by atomic mass is 9.91. The summed E-state index contributed by atoms with van der Waals surface area (Å²) in [6.45, 7) is 0.574. The van der Waals surface area contributed by atoms with E-state index in [-0.39, 0.29) is 17.8 Å². The summed E-state index contributed by atoms with van der Waals surface area (Å²) in [5, 5.41) is 6.44. The first-order valence-electron chi connectivity index (χ1n) is 9.58. The largest absolute Gasteiger partial charge is 0.497 e. The van der Waals surface area contributed by atoms with Crippen molar-refractivity contribution >= 4 is 5.91 Å². The minimum atomic E-state index is -0.465. The van der Waals surface area contributed by atoms with Crippen LogP contribution < -0.4 is 15.4 Å². The predicted molar refractivity (Wildman–Crippen MR) is 107 cm³/mol. The van der Waals surface area contributed by atoms with Crippen LogP contribution in [0.4, 0.5) is 4.39 Å². The molecule has 3 heterocycles. The number of carbonyl (C=O) groups excluding carboxylic acids is 1. The smallest absolute Gasteiger partial charge is 0.220 e. The average Bonchev–Trinajstić information content (AvgIpc) is 3.22. The number of amides is 1. The van der Waals surface area contributed by atoms with E-state index in [1.54, 1.807) is 31.6 Å². The first-order chi connectivity index (χ1) is 14.2. The van der Waals surface area contributed by atoms with Crippen LogP contribution >= 0.6 is 0 Å². The quantitative estimate of drug-likeness (QED) is 0.674. The molecule has 0 spiro atoms. The molecule has 2 atom stereocenters. The lowest BCUT2D eigenvalue weighted by molar-refractivity contribution is -0.123. The zero-order valence-electron chi connectivity index (χ0n) is 16.1. The molecule has 2 N–H and O–H groups in total. The van der Waals surface area contributed by atoms with Crippen molar-refractivity contribution in [2.24, 2.45) is 0 Å². The van der Waals surface area contributed by atoms with Crippen LogP contribution in [0, 0.1) is 5.82 Å². The highest BCUT2D eigenvalue weighted by atomic mass is 19.1. The van der Waals surface area contributed by atoms with E-state index < -0.39 is 6.04 Å². The number of ether oxygens (including phenoxy) is 1. The molecule has 0 aliphatic carbocycles. The summed E-state index contributed by atoms with van der Waals surface area (Å²) in [4.78, 5) is 16.2. The topological polar surface area (TPSA) is 68.2 Å². The van der Waals surface area contributed by atoms with Crippen LogP contribution in [0.15, 0.2) is 61.1 Å². The van der Waals surface area contributed by atoms with Crippen LogP contribution in [0.25, 0.3) is 5.69 Å². The number of nitrogens with zero attached hydrogens (tertiary/aromatic N) is 2. The summed E-state index contributed by atoms with van der Waals surface area (Å²) in [5.41, 5.74) is 2.46. The van der Waals surface area contributed by atoms with E-state index in [4.69, 9.17) is 4.74 Å². The summed E-state index contributed by atoms with van der Waals surface area (Å²) in [6.07, 6.45) is 6.56. The van der Waals surface area contributed by atoms with Crippen LogP contribution in [0.5, 0.6) is 5.75 Å². The van der Waals surface area contributed by atoms with Crippen molar-refractivity contribution in [2.45, 2.75) is 31.5 Å². The monoisotopic (exact) mass is 394 g/mol. The van der Waals surface area contributed by atoms with Crippen LogP contribution in [0.2, 0.25) is 0 Å². The van der Waals surface area contributed by atoms with Gasteiger partial charge < -0.3 is 19.9 Å². The molecule has 4 rings (SSSR count). The Labute approximate surface area is 168 Å². The number of hydrogen-bond donors (Lipinski definition) is 2. The maximum atomic E-state index is 14.5. The molecule has 1 aliphatic rings. The Kier molecular flexibility index (Phi) is 5.57. The van der Waals surface area contributed by atoms with Crippen LogP contribution in [0.3, 0.4) is 0 Å². The van der Waals surface area contributed by atoms with Gasteiger partial charge in [-0.3, -0.25) is 9.78 Å². The average molecular weight is 394 g/mol. The van der Waals surface area contributed by atoms with E-state index in [0.717, 1.165) is 11.4 Å². The SMILES string of the molecule is COc1ccc(F)c([C@@H]2NC(=O)CC[C@H]2NCc2cccn2-c2cccnc2)c1. The Bertz CT molecular complexity index is 989. The molecule has 3 aromatic rings. The third-order valence-electron chi connectivity index (χ3n) is 5.24. The molecule has 1 fully saturated rings. The summed E-state index contributed by atoms with van der Waals surface area (Å²) < 4.78 is 21.8. The molecule has 150 valence electrons. The highest BCUT2D eigenvalue weighted by Gasteiger charge is 2.31. The van der Waals surface area contributed by atoms with Crippen molar-refractivity contribution in [1.29, 1.82) is 0 Å². The highest BCUT2D eigenvalue weighted by molar-refractivity contribution is 5.77. The lowest BCUT2D eigenvalue weighted by Gasteiger charge is -2.33. The summed E-state index contributed by atoms with van der Waals surface area (Å²) in [5.74, 6) is 0.128. The number of rotatable bonds is 6. The summed E-state index contributed by atoms with van der Waals surface area (Å²) in [7, 11) is 1.54. The Morgan fingerprint density at radius 2 is 2.21 bits per heavy atom. The first kappa shape index (κ1) is 19.1. The fraction of sp³-hybridized carbons (Fsp3) is 0.273. The lowest BCUT2D eigenvalue weighted by Crippen LogP contribution is -2.48. The number of piperidine rings is 1. The molecular weight excluding hydrogens is 371 g/mol. The molecule has 0 radical (unpaired) electrons.